The zero-order chi connectivity index (χ0) is 20.3. The highest BCUT2D eigenvalue weighted by atomic mass is 16.5. The fraction of sp³-hybridized carbons (Fsp3) is 0.200. The Kier molecular flexibility index (Phi) is 7.58. The van der Waals surface area contributed by atoms with Gasteiger partial charge in [0.2, 0.25) is 5.78 Å². The number of benzene rings is 3. The van der Waals surface area contributed by atoms with Gasteiger partial charge in [0.05, 0.1) is 0 Å². The van der Waals surface area contributed by atoms with Crippen molar-refractivity contribution in [2.24, 2.45) is 0 Å². The summed E-state index contributed by atoms with van der Waals surface area (Å²) < 4.78 is 5.78. The van der Waals surface area contributed by atoms with Crippen LogP contribution in [0.3, 0.4) is 0 Å². The summed E-state index contributed by atoms with van der Waals surface area (Å²) in [5.41, 5.74) is 3.22. The monoisotopic (exact) mass is 387 g/mol. The molecule has 3 rings (SSSR count). The fourth-order valence-electron chi connectivity index (χ4n) is 2.94. The maximum atomic E-state index is 12.0. The molecule has 148 valence electrons. The summed E-state index contributed by atoms with van der Waals surface area (Å²) in [6.45, 7) is 0.905. The van der Waals surface area contributed by atoms with Gasteiger partial charge < -0.3 is 10.1 Å². The molecule has 0 bridgehead atoms. The minimum absolute atomic E-state index is 0.243. The van der Waals surface area contributed by atoms with Gasteiger partial charge in [0.1, 0.15) is 12.4 Å². The average Bonchev–Trinajstić information content (AvgIpc) is 2.78. The Morgan fingerprint density at radius 2 is 1.34 bits per heavy atom. The van der Waals surface area contributed by atoms with Crippen LogP contribution in [-0.2, 0) is 29.2 Å². The molecule has 0 aliphatic carbocycles. The smallest absolute Gasteiger partial charge is 0.287 e. The third kappa shape index (κ3) is 6.92. The quantitative estimate of drug-likeness (QED) is 0.522. The van der Waals surface area contributed by atoms with Crippen LogP contribution in [-0.4, -0.2) is 11.7 Å². The van der Waals surface area contributed by atoms with Gasteiger partial charge in [-0.1, -0.05) is 72.8 Å². The average molecular weight is 387 g/mol. The van der Waals surface area contributed by atoms with E-state index in [0.717, 1.165) is 28.9 Å². The number of rotatable bonds is 10. The van der Waals surface area contributed by atoms with Crippen molar-refractivity contribution in [1.82, 2.24) is 5.32 Å². The van der Waals surface area contributed by atoms with E-state index in [1.54, 1.807) is 0 Å². The fourth-order valence-corrected chi connectivity index (χ4v) is 2.94. The number of aryl methyl sites for hydroxylation is 1. The molecule has 0 aromatic heterocycles. The van der Waals surface area contributed by atoms with Crippen LogP contribution >= 0.6 is 0 Å². The first kappa shape index (κ1) is 20.3. The molecule has 3 aromatic carbocycles. The highest BCUT2D eigenvalue weighted by Crippen LogP contribution is 2.15. The Balaban J connectivity index is 1.36. The van der Waals surface area contributed by atoms with Gasteiger partial charge in [0, 0.05) is 13.0 Å². The Morgan fingerprint density at radius 3 is 2.00 bits per heavy atom. The number of ketones is 1. The van der Waals surface area contributed by atoms with Gasteiger partial charge in [-0.05, 0) is 41.7 Å². The molecule has 0 aliphatic rings. The topological polar surface area (TPSA) is 55.4 Å². The molecule has 0 fully saturated rings. The number of carbonyl (C=O) groups excluding carboxylic acids is 2. The Hall–Kier alpha value is -3.40. The van der Waals surface area contributed by atoms with E-state index in [2.05, 4.69) is 5.32 Å². The van der Waals surface area contributed by atoms with Crippen LogP contribution in [0.4, 0.5) is 0 Å². The van der Waals surface area contributed by atoms with Crippen LogP contribution in [0.5, 0.6) is 5.75 Å². The molecule has 0 unspecified atom stereocenters. The highest BCUT2D eigenvalue weighted by Gasteiger charge is 2.12. The predicted octanol–water partition coefficient (Wildman–Crippen LogP) is 4.47. The number of hydrogen-bond donors (Lipinski definition) is 1. The van der Waals surface area contributed by atoms with Crippen LogP contribution in [0.1, 0.15) is 29.5 Å². The van der Waals surface area contributed by atoms with Crippen molar-refractivity contribution < 1.29 is 14.3 Å². The first-order valence-corrected chi connectivity index (χ1v) is 9.81. The molecule has 0 heterocycles. The molecule has 0 aliphatic heterocycles. The van der Waals surface area contributed by atoms with Crippen molar-refractivity contribution in [1.29, 1.82) is 0 Å². The second-order valence-electron chi connectivity index (χ2n) is 6.86. The molecular formula is C25H25NO3. The maximum Gasteiger partial charge on any atom is 0.287 e. The molecule has 0 atom stereocenters. The van der Waals surface area contributed by atoms with E-state index < -0.39 is 5.91 Å². The van der Waals surface area contributed by atoms with Gasteiger partial charge in [0.25, 0.3) is 5.91 Å². The van der Waals surface area contributed by atoms with Crippen molar-refractivity contribution in [3.63, 3.8) is 0 Å². The number of Topliss-reactive ketones (excluding diaryl/α,β-unsaturated/α-hetero) is 1. The second-order valence-corrected chi connectivity index (χ2v) is 6.86. The van der Waals surface area contributed by atoms with Crippen LogP contribution in [0.25, 0.3) is 0 Å². The molecular weight excluding hydrogens is 362 g/mol. The van der Waals surface area contributed by atoms with E-state index in [0.29, 0.717) is 19.6 Å². The highest BCUT2D eigenvalue weighted by molar-refractivity contribution is 6.36. The molecule has 1 amide bonds. The number of carbonyl (C=O) groups is 2. The van der Waals surface area contributed by atoms with Crippen LogP contribution in [0, 0.1) is 0 Å². The number of hydrogen-bond acceptors (Lipinski definition) is 3. The van der Waals surface area contributed by atoms with Crippen molar-refractivity contribution in [3.8, 4) is 5.75 Å². The molecule has 0 radical (unpaired) electrons. The minimum atomic E-state index is -0.515. The number of amides is 1. The third-order valence-electron chi connectivity index (χ3n) is 4.59. The lowest BCUT2D eigenvalue weighted by Crippen LogP contribution is -2.30. The van der Waals surface area contributed by atoms with Gasteiger partial charge in [-0.2, -0.15) is 0 Å². The van der Waals surface area contributed by atoms with Gasteiger partial charge in [0.15, 0.2) is 0 Å². The van der Waals surface area contributed by atoms with Gasteiger partial charge >= 0.3 is 0 Å². The van der Waals surface area contributed by atoms with Crippen LogP contribution < -0.4 is 10.1 Å². The standard InChI is InChI=1S/C25H25NO3/c27-24(25(28)26-18-21-8-3-1-4-9-21)13-7-12-20-14-16-23(17-15-20)29-19-22-10-5-2-6-11-22/h1-6,8-11,14-17H,7,12-13,18-19H2,(H,26,28). The molecule has 0 saturated heterocycles. The first-order chi connectivity index (χ1) is 14.2. The van der Waals surface area contributed by atoms with E-state index >= 15 is 0 Å². The van der Waals surface area contributed by atoms with Crippen molar-refractivity contribution >= 4 is 11.7 Å². The lowest BCUT2D eigenvalue weighted by Gasteiger charge is -2.08. The van der Waals surface area contributed by atoms with Crippen LogP contribution in [0.15, 0.2) is 84.9 Å². The summed E-state index contributed by atoms with van der Waals surface area (Å²) in [5.74, 6) is -0.0729. The molecule has 1 N–H and O–H groups in total. The minimum Gasteiger partial charge on any atom is -0.489 e. The molecule has 0 saturated carbocycles. The van der Waals surface area contributed by atoms with Crippen molar-refractivity contribution in [3.05, 3.63) is 102 Å². The summed E-state index contributed by atoms with van der Waals surface area (Å²) in [4.78, 5) is 23.9. The Labute approximate surface area is 171 Å². The van der Waals surface area contributed by atoms with E-state index in [4.69, 9.17) is 4.74 Å². The number of nitrogens with one attached hydrogen (secondary N) is 1. The van der Waals surface area contributed by atoms with Crippen LogP contribution in [0.2, 0.25) is 0 Å². The predicted molar refractivity (Wildman–Crippen MR) is 113 cm³/mol. The van der Waals surface area contributed by atoms with Gasteiger partial charge in [-0.25, -0.2) is 0 Å². The summed E-state index contributed by atoms with van der Waals surface area (Å²) in [5, 5.41) is 2.68. The van der Waals surface area contributed by atoms with E-state index in [-0.39, 0.29) is 12.2 Å². The largest absolute Gasteiger partial charge is 0.489 e. The van der Waals surface area contributed by atoms with E-state index in [1.165, 1.54) is 0 Å². The summed E-state index contributed by atoms with van der Waals surface area (Å²) in [6, 6.07) is 27.5. The molecule has 29 heavy (non-hydrogen) atoms. The van der Waals surface area contributed by atoms with Crippen molar-refractivity contribution in [2.75, 3.05) is 0 Å². The molecule has 3 aromatic rings. The first-order valence-electron chi connectivity index (χ1n) is 9.81. The Bertz CT molecular complexity index is 906. The second kappa shape index (κ2) is 10.8. The SMILES string of the molecule is O=C(CCCc1ccc(OCc2ccccc2)cc1)C(=O)NCc1ccccc1. The lowest BCUT2D eigenvalue weighted by atomic mass is 10.1. The Morgan fingerprint density at radius 1 is 0.724 bits per heavy atom. The normalized spacial score (nSPS) is 10.3. The summed E-state index contributed by atoms with van der Waals surface area (Å²) in [6.07, 6.45) is 1.63. The van der Waals surface area contributed by atoms with Gasteiger partial charge in [-0.3, -0.25) is 9.59 Å². The number of ether oxygens (including phenoxy) is 1. The molecule has 4 nitrogen and oxygen atoms in total. The van der Waals surface area contributed by atoms with E-state index in [1.807, 2.05) is 84.9 Å². The lowest BCUT2D eigenvalue weighted by molar-refractivity contribution is -0.138. The summed E-state index contributed by atoms with van der Waals surface area (Å²) >= 11 is 0. The molecule has 0 spiro atoms. The van der Waals surface area contributed by atoms with Gasteiger partial charge in [-0.15, -0.1) is 0 Å². The third-order valence-corrected chi connectivity index (χ3v) is 4.59. The molecule has 4 heteroatoms. The summed E-state index contributed by atoms with van der Waals surface area (Å²) in [7, 11) is 0. The van der Waals surface area contributed by atoms with E-state index in [9.17, 15) is 9.59 Å². The zero-order valence-electron chi connectivity index (χ0n) is 16.3. The maximum absolute atomic E-state index is 12.0. The van der Waals surface area contributed by atoms with Crippen molar-refractivity contribution in [2.45, 2.75) is 32.4 Å². The zero-order valence-corrected chi connectivity index (χ0v) is 16.3.